The SMILES string of the molecule is CC(C)OP(=O)(OC(C)C)c1nc(P(=O)(OC(C)C)OC(C)C)nc(P(=O)(OC(C)C)OC(C)C)n1. The minimum atomic E-state index is -4.24. The van der Waals surface area contributed by atoms with Gasteiger partial charge in [0.25, 0.3) is 0 Å². The van der Waals surface area contributed by atoms with Crippen LogP contribution >= 0.6 is 22.8 Å². The average Bonchev–Trinajstić information content (AvgIpc) is 2.63. The van der Waals surface area contributed by atoms with Gasteiger partial charge in [-0.1, -0.05) is 0 Å². The maximum Gasteiger partial charge on any atom is 0.399 e. The van der Waals surface area contributed by atoms with Crippen molar-refractivity contribution < 1.29 is 40.8 Å². The molecular weight excluding hydrogens is 531 g/mol. The molecule has 0 atom stereocenters. The molecule has 0 bridgehead atoms. The van der Waals surface area contributed by atoms with Crippen molar-refractivity contribution in [3.05, 3.63) is 0 Å². The van der Waals surface area contributed by atoms with Crippen LogP contribution in [0.5, 0.6) is 0 Å². The van der Waals surface area contributed by atoms with E-state index < -0.39 is 76.1 Å². The smallest absolute Gasteiger partial charge is 0.300 e. The van der Waals surface area contributed by atoms with E-state index in [-0.39, 0.29) is 0 Å². The molecule has 0 saturated carbocycles. The molecule has 12 nitrogen and oxygen atoms in total. The zero-order valence-corrected chi connectivity index (χ0v) is 26.0. The Morgan fingerprint density at radius 3 is 0.639 bits per heavy atom. The zero-order valence-electron chi connectivity index (χ0n) is 23.3. The summed E-state index contributed by atoms with van der Waals surface area (Å²) in [5.41, 5.74) is -1.53. The van der Waals surface area contributed by atoms with Gasteiger partial charge in [-0.15, -0.1) is 0 Å². The molecule has 0 amide bonds. The van der Waals surface area contributed by atoms with Gasteiger partial charge >= 0.3 is 22.8 Å². The van der Waals surface area contributed by atoms with Crippen LogP contribution in [0.1, 0.15) is 83.1 Å². The minimum Gasteiger partial charge on any atom is -0.300 e. The lowest BCUT2D eigenvalue weighted by molar-refractivity contribution is 0.148. The normalized spacial score (nSPS) is 13.8. The highest BCUT2D eigenvalue weighted by molar-refractivity contribution is 7.64. The van der Waals surface area contributed by atoms with Crippen LogP contribution in [0.2, 0.25) is 0 Å². The molecule has 0 saturated heterocycles. The molecule has 0 aliphatic heterocycles. The van der Waals surface area contributed by atoms with Crippen molar-refractivity contribution in [1.29, 1.82) is 0 Å². The van der Waals surface area contributed by atoms with Gasteiger partial charge in [-0.3, -0.25) is 13.7 Å². The fourth-order valence-electron chi connectivity index (χ4n) is 2.73. The molecule has 1 heterocycles. The quantitative estimate of drug-likeness (QED) is 0.264. The summed E-state index contributed by atoms with van der Waals surface area (Å²) in [6.45, 7) is 19.9. The Hall–Kier alpha value is -0.540. The van der Waals surface area contributed by atoms with Gasteiger partial charge in [0.15, 0.2) is 0 Å². The number of hydrogen-bond donors (Lipinski definition) is 0. The first kappa shape index (κ1) is 33.5. The third kappa shape index (κ3) is 9.97. The Bertz CT molecular complexity index is 822. The van der Waals surface area contributed by atoms with Gasteiger partial charge in [0.05, 0.1) is 36.6 Å². The fourth-order valence-corrected chi connectivity index (χ4v) is 8.32. The van der Waals surface area contributed by atoms with E-state index in [2.05, 4.69) is 15.0 Å². The second-order valence-corrected chi connectivity index (χ2v) is 15.1. The summed E-state index contributed by atoms with van der Waals surface area (Å²) in [5, 5.41) is 0. The predicted molar refractivity (Wildman–Crippen MR) is 139 cm³/mol. The molecular formula is C21H42N3O9P3. The van der Waals surface area contributed by atoms with Crippen molar-refractivity contribution >= 4 is 39.5 Å². The largest absolute Gasteiger partial charge is 0.399 e. The third-order valence-electron chi connectivity index (χ3n) is 3.43. The van der Waals surface area contributed by atoms with Crippen LogP contribution in [-0.4, -0.2) is 51.6 Å². The first-order valence-electron chi connectivity index (χ1n) is 12.0. The van der Waals surface area contributed by atoms with Crippen molar-refractivity contribution in [3.8, 4) is 0 Å². The summed E-state index contributed by atoms with van der Waals surface area (Å²) >= 11 is 0. The third-order valence-corrected chi connectivity index (χ3v) is 9.70. The molecule has 0 spiro atoms. The summed E-state index contributed by atoms with van der Waals surface area (Å²) in [4.78, 5) is 12.5. The molecule has 210 valence electrons. The molecule has 0 aliphatic carbocycles. The van der Waals surface area contributed by atoms with Crippen LogP contribution in [0.15, 0.2) is 0 Å². The molecule has 15 heteroatoms. The van der Waals surface area contributed by atoms with Crippen molar-refractivity contribution in [2.24, 2.45) is 0 Å². The van der Waals surface area contributed by atoms with Crippen LogP contribution in [0.3, 0.4) is 0 Å². The number of nitrogens with zero attached hydrogens (tertiary/aromatic N) is 3. The molecule has 1 rings (SSSR count). The molecule has 36 heavy (non-hydrogen) atoms. The van der Waals surface area contributed by atoms with Crippen LogP contribution in [0.4, 0.5) is 0 Å². The van der Waals surface area contributed by atoms with Crippen LogP contribution in [0.25, 0.3) is 0 Å². The van der Waals surface area contributed by atoms with Crippen molar-refractivity contribution in [2.45, 2.75) is 120 Å². The monoisotopic (exact) mass is 573 g/mol. The summed E-state index contributed by atoms with van der Waals surface area (Å²) in [5.74, 6) is 0. The highest BCUT2D eigenvalue weighted by Crippen LogP contribution is 2.53. The number of aromatic nitrogens is 3. The summed E-state index contributed by atoms with van der Waals surface area (Å²) < 4.78 is 75.6. The second kappa shape index (κ2) is 13.5. The first-order valence-corrected chi connectivity index (χ1v) is 16.6. The topological polar surface area (TPSA) is 145 Å². The van der Waals surface area contributed by atoms with E-state index in [0.29, 0.717) is 0 Å². The lowest BCUT2D eigenvalue weighted by Gasteiger charge is -2.26. The molecule has 0 radical (unpaired) electrons. The summed E-state index contributed by atoms with van der Waals surface area (Å²) in [7, 11) is -12.7. The maximum atomic E-state index is 13.9. The van der Waals surface area contributed by atoms with E-state index in [1.807, 2.05) is 0 Å². The maximum absolute atomic E-state index is 13.9. The van der Waals surface area contributed by atoms with Crippen LogP contribution in [0, 0.1) is 0 Å². The Morgan fingerprint density at radius 1 is 0.389 bits per heavy atom. The molecule has 0 unspecified atom stereocenters. The van der Waals surface area contributed by atoms with E-state index in [9.17, 15) is 13.7 Å². The van der Waals surface area contributed by atoms with E-state index in [1.165, 1.54) is 0 Å². The Balaban J connectivity index is 4.08. The Morgan fingerprint density at radius 2 is 0.528 bits per heavy atom. The fraction of sp³-hybridized carbons (Fsp3) is 0.857. The summed E-state index contributed by atoms with van der Waals surface area (Å²) in [6.07, 6.45) is -3.36. The summed E-state index contributed by atoms with van der Waals surface area (Å²) in [6, 6.07) is 0. The van der Waals surface area contributed by atoms with E-state index in [4.69, 9.17) is 27.1 Å². The van der Waals surface area contributed by atoms with Gasteiger partial charge in [0.1, 0.15) is 0 Å². The van der Waals surface area contributed by atoms with Crippen molar-refractivity contribution in [1.82, 2.24) is 15.0 Å². The second-order valence-electron chi connectivity index (χ2n) is 9.65. The number of hydrogen-bond acceptors (Lipinski definition) is 12. The van der Waals surface area contributed by atoms with Gasteiger partial charge in [0.2, 0.25) is 16.7 Å². The Kier molecular flexibility index (Phi) is 12.6. The van der Waals surface area contributed by atoms with Crippen molar-refractivity contribution in [2.75, 3.05) is 0 Å². The number of rotatable bonds is 15. The van der Waals surface area contributed by atoms with Gasteiger partial charge in [-0.2, -0.15) is 15.0 Å². The highest BCUT2D eigenvalue weighted by Gasteiger charge is 2.44. The van der Waals surface area contributed by atoms with E-state index in [0.717, 1.165) is 0 Å². The molecule has 1 aromatic rings. The molecule has 1 aromatic heterocycles. The van der Waals surface area contributed by atoms with Crippen LogP contribution in [-0.2, 0) is 40.8 Å². The van der Waals surface area contributed by atoms with Gasteiger partial charge in [-0.25, -0.2) is 0 Å². The zero-order chi connectivity index (χ0) is 28.1. The first-order chi connectivity index (χ1) is 16.3. The highest BCUT2D eigenvalue weighted by atomic mass is 31.2. The molecule has 0 aliphatic rings. The van der Waals surface area contributed by atoms with Crippen LogP contribution < -0.4 is 16.7 Å². The Labute approximate surface area is 215 Å². The lowest BCUT2D eigenvalue weighted by Crippen LogP contribution is -2.39. The van der Waals surface area contributed by atoms with E-state index in [1.54, 1.807) is 83.1 Å². The van der Waals surface area contributed by atoms with E-state index >= 15 is 0 Å². The molecule has 0 fully saturated rings. The minimum absolute atomic E-state index is 0.509. The standard InChI is InChI=1S/C21H42N3O9P3/c1-13(2)28-34(25,29-14(3)4)19-22-20(35(26,30-15(5)6)31-16(7)8)24-21(23-19)36(27,32-17(9)10)33-18(11)12/h13-18H,1-12H3. The predicted octanol–water partition coefficient (Wildman–Crippen LogP) is 4.88. The molecule has 0 aromatic carbocycles. The van der Waals surface area contributed by atoms with Gasteiger partial charge in [0, 0.05) is 0 Å². The van der Waals surface area contributed by atoms with Gasteiger partial charge in [-0.05, 0) is 83.1 Å². The average molecular weight is 574 g/mol. The lowest BCUT2D eigenvalue weighted by atomic mass is 10.5. The van der Waals surface area contributed by atoms with Crippen molar-refractivity contribution in [3.63, 3.8) is 0 Å². The molecule has 0 N–H and O–H groups in total. The van der Waals surface area contributed by atoms with Gasteiger partial charge < -0.3 is 27.1 Å².